The van der Waals surface area contributed by atoms with Gasteiger partial charge in [-0.15, -0.1) is 0 Å². The molecule has 5 heteroatoms. The fraction of sp³-hybridized carbons (Fsp3) is 0.273. The number of pyridine rings is 1. The Morgan fingerprint density at radius 3 is 2.56 bits per heavy atom. The molecule has 5 rings (SSSR count). The molecular formula is C22H20N2O3. The first-order valence-electron chi connectivity index (χ1n) is 9.25. The Hall–Kier alpha value is -3.08. The van der Waals surface area contributed by atoms with Crippen LogP contribution >= 0.6 is 0 Å². The van der Waals surface area contributed by atoms with Crippen LogP contribution in [0, 0.1) is 17.8 Å². The van der Waals surface area contributed by atoms with Gasteiger partial charge in [0.15, 0.2) is 0 Å². The van der Waals surface area contributed by atoms with E-state index in [0.29, 0.717) is 37.5 Å². The molecule has 1 aromatic heterocycles. The zero-order chi connectivity index (χ0) is 18.4. The van der Waals surface area contributed by atoms with E-state index < -0.39 is 6.09 Å². The van der Waals surface area contributed by atoms with E-state index in [9.17, 15) is 4.79 Å². The smallest absolute Gasteiger partial charge is 0.407 e. The van der Waals surface area contributed by atoms with Crippen LogP contribution in [0.1, 0.15) is 0 Å². The number of likely N-dealkylation sites (tertiary alicyclic amines) is 1. The van der Waals surface area contributed by atoms with E-state index in [1.54, 1.807) is 6.20 Å². The summed E-state index contributed by atoms with van der Waals surface area (Å²) in [6, 6.07) is 18.5. The minimum absolute atomic E-state index is 0.478. The van der Waals surface area contributed by atoms with Crippen LogP contribution in [-0.4, -0.2) is 40.8 Å². The quantitative estimate of drug-likeness (QED) is 0.760. The number of benzene rings is 2. The summed E-state index contributed by atoms with van der Waals surface area (Å²) in [5.74, 6) is 2.31. The maximum Gasteiger partial charge on any atom is 0.407 e. The van der Waals surface area contributed by atoms with E-state index in [0.717, 1.165) is 27.8 Å². The molecule has 0 bridgehead atoms. The van der Waals surface area contributed by atoms with E-state index >= 15 is 0 Å². The second kappa shape index (κ2) is 6.27. The van der Waals surface area contributed by atoms with Crippen molar-refractivity contribution in [3.05, 3.63) is 60.8 Å². The summed E-state index contributed by atoms with van der Waals surface area (Å²) in [7, 11) is 0. The molecule has 1 amide bonds. The van der Waals surface area contributed by atoms with E-state index in [2.05, 4.69) is 35.3 Å². The van der Waals surface area contributed by atoms with Gasteiger partial charge in [-0.3, -0.25) is 4.98 Å². The summed E-state index contributed by atoms with van der Waals surface area (Å²) in [6.45, 7) is 1.98. The Morgan fingerprint density at radius 1 is 1.07 bits per heavy atom. The number of fused-ring (bicyclic) bond motifs is 2. The molecule has 1 unspecified atom stereocenters. The molecular weight excluding hydrogens is 340 g/mol. The van der Waals surface area contributed by atoms with Crippen LogP contribution in [-0.2, 0) is 0 Å². The highest BCUT2D eigenvalue weighted by Crippen LogP contribution is 2.51. The Labute approximate surface area is 157 Å². The summed E-state index contributed by atoms with van der Waals surface area (Å²) in [4.78, 5) is 16.8. The number of carboxylic acid groups (broad SMARTS) is 1. The summed E-state index contributed by atoms with van der Waals surface area (Å²) >= 11 is 0. The fourth-order valence-corrected chi connectivity index (χ4v) is 4.24. The summed E-state index contributed by atoms with van der Waals surface area (Å²) in [5.41, 5.74) is 3.30. The van der Waals surface area contributed by atoms with Gasteiger partial charge in [-0.05, 0) is 53.3 Å². The van der Waals surface area contributed by atoms with Gasteiger partial charge in [0.1, 0.15) is 5.75 Å². The molecule has 1 saturated heterocycles. The molecule has 1 aliphatic carbocycles. The van der Waals surface area contributed by atoms with Gasteiger partial charge < -0.3 is 14.7 Å². The standard InChI is InChI=1S/C22H20N2O3/c25-22(26)24-11-18-19(12-24)20(18)13-27-17-6-3-14(4-7-17)15-5-8-21-16(10-15)2-1-9-23-21/h1-10,18-20H,11-13H2,(H,25,26)/t18-,19+,20?. The molecule has 5 nitrogen and oxygen atoms in total. The van der Waals surface area contributed by atoms with Gasteiger partial charge in [-0.25, -0.2) is 4.79 Å². The maximum atomic E-state index is 11.0. The first-order chi connectivity index (χ1) is 13.2. The molecule has 1 N–H and O–H groups in total. The molecule has 136 valence electrons. The fourth-order valence-electron chi connectivity index (χ4n) is 4.24. The number of ether oxygens (including phenoxy) is 1. The third kappa shape index (κ3) is 2.99. The molecule has 0 radical (unpaired) electrons. The highest BCUT2D eigenvalue weighted by molar-refractivity contribution is 5.84. The Balaban J connectivity index is 1.21. The van der Waals surface area contributed by atoms with E-state index in [1.807, 2.05) is 24.3 Å². The predicted octanol–water partition coefficient (Wildman–Crippen LogP) is 4.14. The molecule has 3 aromatic rings. The van der Waals surface area contributed by atoms with E-state index in [4.69, 9.17) is 9.84 Å². The van der Waals surface area contributed by atoms with Crippen molar-refractivity contribution in [1.29, 1.82) is 0 Å². The van der Waals surface area contributed by atoms with Gasteiger partial charge in [0.2, 0.25) is 0 Å². The predicted molar refractivity (Wildman–Crippen MR) is 103 cm³/mol. The first-order valence-corrected chi connectivity index (χ1v) is 9.25. The topological polar surface area (TPSA) is 62.7 Å². The Kier molecular flexibility index (Phi) is 3.74. The van der Waals surface area contributed by atoms with Crippen LogP contribution in [0.15, 0.2) is 60.8 Å². The lowest BCUT2D eigenvalue weighted by atomic mass is 10.0. The highest BCUT2D eigenvalue weighted by Gasteiger charge is 2.56. The SMILES string of the molecule is O=C(O)N1C[C@@H]2C(COc3ccc(-c4ccc5ncccc5c4)cc3)[C@@H]2C1. The van der Waals surface area contributed by atoms with Crippen LogP contribution in [0.5, 0.6) is 5.75 Å². The second-order valence-corrected chi connectivity index (χ2v) is 7.43. The molecule has 3 atom stereocenters. The minimum atomic E-state index is -0.804. The van der Waals surface area contributed by atoms with Gasteiger partial charge in [0, 0.05) is 30.6 Å². The number of hydrogen-bond donors (Lipinski definition) is 1. The van der Waals surface area contributed by atoms with Gasteiger partial charge in [0.25, 0.3) is 0 Å². The van der Waals surface area contributed by atoms with Crippen LogP contribution in [0.2, 0.25) is 0 Å². The zero-order valence-electron chi connectivity index (χ0n) is 14.8. The minimum Gasteiger partial charge on any atom is -0.493 e. The number of rotatable bonds is 4. The number of amides is 1. The van der Waals surface area contributed by atoms with Crippen molar-refractivity contribution in [2.24, 2.45) is 17.8 Å². The Bertz CT molecular complexity index is 990. The first kappa shape index (κ1) is 16.1. The summed E-state index contributed by atoms with van der Waals surface area (Å²) in [5, 5.41) is 10.1. The number of carbonyl (C=O) groups is 1. The van der Waals surface area contributed by atoms with Crippen molar-refractivity contribution in [3.8, 4) is 16.9 Å². The van der Waals surface area contributed by atoms with Crippen LogP contribution in [0.25, 0.3) is 22.0 Å². The average molecular weight is 360 g/mol. The number of piperidine rings is 1. The van der Waals surface area contributed by atoms with Crippen LogP contribution in [0.3, 0.4) is 0 Å². The van der Waals surface area contributed by atoms with Gasteiger partial charge in [-0.1, -0.05) is 24.3 Å². The summed E-state index contributed by atoms with van der Waals surface area (Å²) in [6.07, 6.45) is 1.00. The third-order valence-corrected chi connectivity index (χ3v) is 5.87. The van der Waals surface area contributed by atoms with Crippen molar-refractivity contribution in [2.45, 2.75) is 0 Å². The normalized spacial score (nSPS) is 23.3. The van der Waals surface area contributed by atoms with Gasteiger partial charge >= 0.3 is 6.09 Å². The zero-order valence-corrected chi connectivity index (χ0v) is 14.8. The molecule has 2 aromatic carbocycles. The monoisotopic (exact) mass is 360 g/mol. The number of nitrogens with zero attached hydrogens (tertiary/aromatic N) is 2. The van der Waals surface area contributed by atoms with Crippen molar-refractivity contribution < 1.29 is 14.6 Å². The lowest BCUT2D eigenvalue weighted by molar-refractivity contribution is 0.145. The van der Waals surface area contributed by atoms with Crippen LogP contribution in [0.4, 0.5) is 4.79 Å². The average Bonchev–Trinajstić information content (AvgIpc) is 3.14. The second-order valence-electron chi connectivity index (χ2n) is 7.43. The van der Waals surface area contributed by atoms with Crippen molar-refractivity contribution in [3.63, 3.8) is 0 Å². The van der Waals surface area contributed by atoms with Crippen molar-refractivity contribution in [2.75, 3.05) is 19.7 Å². The van der Waals surface area contributed by atoms with Crippen molar-refractivity contribution in [1.82, 2.24) is 9.88 Å². The molecule has 1 aliphatic heterocycles. The molecule has 2 aliphatic rings. The van der Waals surface area contributed by atoms with Crippen molar-refractivity contribution >= 4 is 17.0 Å². The molecule has 27 heavy (non-hydrogen) atoms. The Morgan fingerprint density at radius 2 is 1.81 bits per heavy atom. The van der Waals surface area contributed by atoms with Gasteiger partial charge in [0.05, 0.1) is 12.1 Å². The number of aromatic nitrogens is 1. The molecule has 0 spiro atoms. The lowest BCUT2D eigenvalue weighted by Gasteiger charge is -2.16. The van der Waals surface area contributed by atoms with E-state index in [1.165, 1.54) is 4.90 Å². The maximum absolute atomic E-state index is 11.0. The lowest BCUT2D eigenvalue weighted by Crippen LogP contribution is -2.30. The number of hydrogen-bond acceptors (Lipinski definition) is 3. The summed E-state index contributed by atoms with van der Waals surface area (Å²) < 4.78 is 5.95. The third-order valence-electron chi connectivity index (χ3n) is 5.87. The molecule has 2 fully saturated rings. The molecule has 1 saturated carbocycles. The largest absolute Gasteiger partial charge is 0.493 e. The van der Waals surface area contributed by atoms with Crippen LogP contribution < -0.4 is 4.74 Å². The van der Waals surface area contributed by atoms with E-state index in [-0.39, 0.29) is 0 Å². The highest BCUT2D eigenvalue weighted by atomic mass is 16.5. The van der Waals surface area contributed by atoms with Gasteiger partial charge in [-0.2, -0.15) is 0 Å². The molecule has 2 heterocycles.